The molecule has 0 bridgehead atoms. The van der Waals surface area contributed by atoms with Gasteiger partial charge in [0.15, 0.2) is 5.83 Å². The fourth-order valence-corrected chi connectivity index (χ4v) is 3.72. The Morgan fingerprint density at radius 1 is 1.33 bits per heavy atom. The average Bonchev–Trinajstić information content (AvgIpc) is 3.31. The van der Waals surface area contributed by atoms with Gasteiger partial charge in [0, 0.05) is 12.6 Å². The number of aromatic nitrogens is 2. The van der Waals surface area contributed by atoms with Crippen molar-refractivity contribution in [2.45, 2.75) is 25.5 Å². The lowest BCUT2D eigenvalue weighted by Crippen LogP contribution is -2.34. The summed E-state index contributed by atoms with van der Waals surface area (Å²) < 4.78 is 21.8. The van der Waals surface area contributed by atoms with E-state index < -0.39 is 23.9 Å². The number of aryl methyl sites for hydroxylation is 1. The quantitative estimate of drug-likeness (QED) is 0.637. The summed E-state index contributed by atoms with van der Waals surface area (Å²) in [5.41, 5.74) is 3.86. The van der Waals surface area contributed by atoms with Crippen molar-refractivity contribution in [3.63, 3.8) is 0 Å². The number of methoxy groups -OCH3 is 1. The molecule has 0 fully saturated rings. The SMILES string of the molecule is COc1cc(/C=C(\F)C(=O)N[C@@H]2c3ccccc3C[C@@H]2O)ccc1-n1cnc(C)c1. The Hall–Kier alpha value is -3.45. The molecule has 6 nitrogen and oxygen atoms in total. The van der Waals surface area contributed by atoms with E-state index in [1.807, 2.05) is 42.0 Å². The van der Waals surface area contributed by atoms with Crippen LogP contribution in [0.15, 0.2) is 60.8 Å². The number of ether oxygens (including phenoxy) is 1. The van der Waals surface area contributed by atoms with E-state index in [2.05, 4.69) is 10.3 Å². The monoisotopic (exact) mass is 407 g/mol. The maximum Gasteiger partial charge on any atom is 0.280 e. The third-order valence-corrected chi connectivity index (χ3v) is 5.19. The van der Waals surface area contributed by atoms with Crippen LogP contribution in [0.5, 0.6) is 5.75 Å². The number of rotatable bonds is 5. The van der Waals surface area contributed by atoms with Crippen molar-refractivity contribution < 1.29 is 19.0 Å². The first-order valence-corrected chi connectivity index (χ1v) is 9.59. The van der Waals surface area contributed by atoms with Gasteiger partial charge in [-0.2, -0.15) is 0 Å². The first-order valence-electron chi connectivity index (χ1n) is 9.59. The van der Waals surface area contributed by atoms with E-state index in [-0.39, 0.29) is 0 Å². The number of carbonyl (C=O) groups excluding carboxylic acids is 1. The van der Waals surface area contributed by atoms with Crippen molar-refractivity contribution >= 4 is 12.0 Å². The summed E-state index contributed by atoms with van der Waals surface area (Å²) in [7, 11) is 1.53. The maximum atomic E-state index is 14.6. The molecule has 0 saturated heterocycles. The molecule has 1 aliphatic carbocycles. The van der Waals surface area contributed by atoms with E-state index in [0.29, 0.717) is 17.7 Å². The summed E-state index contributed by atoms with van der Waals surface area (Å²) in [4.78, 5) is 16.6. The van der Waals surface area contributed by atoms with Crippen molar-refractivity contribution in [3.8, 4) is 11.4 Å². The van der Waals surface area contributed by atoms with Crippen LogP contribution in [0.3, 0.4) is 0 Å². The van der Waals surface area contributed by atoms with Crippen molar-refractivity contribution in [3.05, 3.63) is 83.2 Å². The number of imidazole rings is 1. The Morgan fingerprint density at radius 3 is 2.87 bits per heavy atom. The molecule has 0 radical (unpaired) electrons. The third-order valence-electron chi connectivity index (χ3n) is 5.19. The van der Waals surface area contributed by atoms with Crippen LogP contribution in [0, 0.1) is 6.92 Å². The number of halogens is 1. The zero-order chi connectivity index (χ0) is 21.3. The van der Waals surface area contributed by atoms with Crippen molar-refractivity contribution in [2.75, 3.05) is 7.11 Å². The summed E-state index contributed by atoms with van der Waals surface area (Å²) in [5.74, 6) is -1.29. The fourth-order valence-electron chi connectivity index (χ4n) is 3.72. The van der Waals surface area contributed by atoms with E-state index in [1.54, 1.807) is 24.5 Å². The van der Waals surface area contributed by atoms with Crippen LogP contribution in [-0.4, -0.2) is 33.8 Å². The lowest BCUT2D eigenvalue weighted by Gasteiger charge is -2.17. The largest absolute Gasteiger partial charge is 0.495 e. The van der Waals surface area contributed by atoms with Gasteiger partial charge in [-0.1, -0.05) is 30.3 Å². The predicted molar refractivity (Wildman–Crippen MR) is 111 cm³/mol. The second kappa shape index (κ2) is 8.12. The minimum atomic E-state index is -0.945. The molecule has 1 heterocycles. The van der Waals surface area contributed by atoms with Gasteiger partial charge in [-0.05, 0) is 41.8 Å². The molecule has 154 valence electrons. The van der Waals surface area contributed by atoms with Gasteiger partial charge in [-0.25, -0.2) is 9.37 Å². The van der Waals surface area contributed by atoms with Crippen molar-refractivity contribution in [2.24, 2.45) is 0 Å². The minimum absolute atomic E-state index is 0.429. The number of aliphatic hydroxyl groups is 1. The van der Waals surface area contributed by atoms with Crippen molar-refractivity contribution in [1.82, 2.24) is 14.9 Å². The van der Waals surface area contributed by atoms with E-state index in [4.69, 9.17) is 4.74 Å². The molecule has 7 heteroatoms. The molecule has 30 heavy (non-hydrogen) atoms. The van der Waals surface area contributed by atoms with Crippen LogP contribution in [0.2, 0.25) is 0 Å². The number of nitrogens with one attached hydrogen (secondary N) is 1. The molecule has 0 saturated carbocycles. The molecule has 0 unspecified atom stereocenters. The lowest BCUT2D eigenvalue weighted by atomic mass is 10.1. The van der Waals surface area contributed by atoms with Crippen LogP contribution >= 0.6 is 0 Å². The maximum absolute atomic E-state index is 14.6. The van der Waals surface area contributed by atoms with Crippen LogP contribution in [0.4, 0.5) is 4.39 Å². The first-order chi connectivity index (χ1) is 14.5. The summed E-state index contributed by atoms with van der Waals surface area (Å²) in [6.07, 6.45) is 4.32. The lowest BCUT2D eigenvalue weighted by molar-refractivity contribution is -0.120. The molecule has 2 atom stereocenters. The molecule has 3 aromatic rings. The van der Waals surface area contributed by atoms with Gasteiger partial charge >= 0.3 is 0 Å². The normalized spacial score (nSPS) is 18.2. The number of hydrogen-bond acceptors (Lipinski definition) is 4. The Morgan fingerprint density at radius 2 is 2.13 bits per heavy atom. The van der Waals surface area contributed by atoms with Gasteiger partial charge in [-0.15, -0.1) is 0 Å². The molecular formula is C23H22FN3O3. The number of nitrogens with zero attached hydrogens (tertiary/aromatic N) is 2. The average molecular weight is 407 g/mol. The highest BCUT2D eigenvalue weighted by molar-refractivity contribution is 5.96. The Bertz CT molecular complexity index is 1120. The summed E-state index contributed by atoms with van der Waals surface area (Å²) in [6.45, 7) is 1.88. The van der Waals surface area contributed by atoms with E-state index in [9.17, 15) is 14.3 Å². The van der Waals surface area contributed by atoms with Gasteiger partial charge in [0.05, 0.1) is 37.0 Å². The molecule has 4 rings (SSSR count). The van der Waals surface area contributed by atoms with Crippen LogP contribution in [0.25, 0.3) is 11.8 Å². The smallest absolute Gasteiger partial charge is 0.280 e. The van der Waals surface area contributed by atoms with Crippen LogP contribution < -0.4 is 10.1 Å². The van der Waals surface area contributed by atoms with Gasteiger partial charge < -0.3 is 19.7 Å². The minimum Gasteiger partial charge on any atom is -0.495 e. The highest BCUT2D eigenvalue weighted by Gasteiger charge is 2.32. The number of amides is 1. The molecule has 1 aliphatic rings. The Labute approximate surface area is 173 Å². The Kier molecular flexibility index (Phi) is 5.37. The van der Waals surface area contributed by atoms with Gasteiger partial charge in [0.25, 0.3) is 5.91 Å². The van der Waals surface area contributed by atoms with E-state index in [1.165, 1.54) is 7.11 Å². The highest BCUT2D eigenvalue weighted by Crippen LogP contribution is 2.31. The fraction of sp³-hybridized carbons (Fsp3) is 0.217. The highest BCUT2D eigenvalue weighted by atomic mass is 19.1. The summed E-state index contributed by atoms with van der Waals surface area (Å²) >= 11 is 0. The number of carbonyl (C=O) groups is 1. The van der Waals surface area contributed by atoms with Gasteiger partial charge in [-0.3, -0.25) is 4.79 Å². The number of aliphatic hydroxyl groups excluding tert-OH is 1. The standard InChI is InChI=1S/C23H22FN3O3/c1-14-12-27(13-25-14)19-8-7-15(10-21(19)30-2)9-18(24)23(29)26-22-17-6-4-3-5-16(17)11-20(22)28/h3-10,12-13,20,22,28H,11H2,1-2H3,(H,26,29)/b18-9-/t20-,22+/m0/s1. The topological polar surface area (TPSA) is 76.4 Å². The van der Waals surface area contributed by atoms with Gasteiger partial charge in [0.2, 0.25) is 0 Å². The van der Waals surface area contributed by atoms with E-state index in [0.717, 1.165) is 28.6 Å². The molecule has 1 amide bonds. The predicted octanol–water partition coefficient (Wildman–Crippen LogP) is 3.27. The summed E-state index contributed by atoms with van der Waals surface area (Å²) in [6, 6.07) is 11.9. The first kappa shape index (κ1) is 19.8. The second-order valence-corrected chi connectivity index (χ2v) is 7.27. The number of benzene rings is 2. The number of hydrogen-bond donors (Lipinski definition) is 2. The molecule has 2 aromatic carbocycles. The molecule has 0 aliphatic heterocycles. The Balaban J connectivity index is 1.54. The number of fused-ring (bicyclic) bond motifs is 1. The zero-order valence-corrected chi connectivity index (χ0v) is 16.7. The summed E-state index contributed by atoms with van der Waals surface area (Å²) in [5, 5.41) is 12.9. The van der Waals surface area contributed by atoms with Crippen LogP contribution in [0.1, 0.15) is 28.4 Å². The van der Waals surface area contributed by atoms with E-state index >= 15 is 0 Å². The molecule has 2 N–H and O–H groups in total. The zero-order valence-electron chi connectivity index (χ0n) is 16.7. The third kappa shape index (κ3) is 3.84. The molecular weight excluding hydrogens is 385 g/mol. The van der Waals surface area contributed by atoms with Crippen LogP contribution in [-0.2, 0) is 11.2 Å². The molecule has 0 spiro atoms. The second-order valence-electron chi connectivity index (χ2n) is 7.27. The van der Waals surface area contributed by atoms with Crippen molar-refractivity contribution in [1.29, 1.82) is 0 Å². The van der Waals surface area contributed by atoms with Gasteiger partial charge in [0.1, 0.15) is 5.75 Å². The molecule has 1 aromatic heterocycles.